The van der Waals surface area contributed by atoms with E-state index >= 15 is 0 Å². The molecular weight excluding hydrogens is 152 g/mol. The number of nitrogens with zero attached hydrogens (tertiary/aromatic N) is 2. The van der Waals surface area contributed by atoms with Gasteiger partial charge in [-0.2, -0.15) is 5.10 Å². The lowest BCUT2D eigenvalue weighted by molar-refractivity contribution is 0.230. The lowest BCUT2D eigenvalue weighted by Crippen LogP contribution is -2.08. The van der Waals surface area contributed by atoms with E-state index in [1.54, 1.807) is 0 Å². The number of aryl methyl sites for hydroxylation is 1. The van der Waals surface area contributed by atoms with E-state index in [9.17, 15) is 0 Å². The molecule has 1 unspecified atom stereocenters. The zero-order chi connectivity index (χ0) is 8.55. The van der Waals surface area contributed by atoms with Gasteiger partial charge >= 0.3 is 0 Å². The fourth-order valence-electron chi connectivity index (χ4n) is 1.91. The van der Waals surface area contributed by atoms with E-state index in [0.29, 0.717) is 12.5 Å². The van der Waals surface area contributed by atoms with Crippen molar-refractivity contribution < 1.29 is 5.11 Å². The van der Waals surface area contributed by atoms with E-state index in [-0.39, 0.29) is 0 Å². The molecule has 0 spiro atoms. The standard InChI is InChI=1S/C9H14N2O/c1-2-11-9-4-7(6-12)3-8(9)5-10-11/h5,7,12H,2-4,6H2,1H3. The molecule has 2 rings (SSSR count). The Balaban J connectivity index is 2.25. The molecule has 3 heteroatoms. The van der Waals surface area contributed by atoms with Crippen LogP contribution >= 0.6 is 0 Å². The second kappa shape index (κ2) is 2.90. The van der Waals surface area contributed by atoms with Crippen LogP contribution < -0.4 is 0 Å². The van der Waals surface area contributed by atoms with Crippen LogP contribution in [0.2, 0.25) is 0 Å². The van der Waals surface area contributed by atoms with Crippen LogP contribution in [0.25, 0.3) is 0 Å². The number of hydrogen-bond donors (Lipinski definition) is 1. The lowest BCUT2D eigenvalue weighted by atomic mass is 10.1. The minimum Gasteiger partial charge on any atom is -0.396 e. The van der Waals surface area contributed by atoms with Crippen molar-refractivity contribution in [2.75, 3.05) is 6.61 Å². The van der Waals surface area contributed by atoms with Gasteiger partial charge in [-0.25, -0.2) is 0 Å². The molecule has 1 aromatic heterocycles. The average molecular weight is 166 g/mol. The summed E-state index contributed by atoms with van der Waals surface area (Å²) >= 11 is 0. The van der Waals surface area contributed by atoms with E-state index < -0.39 is 0 Å². The number of aliphatic hydroxyl groups excluding tert-OH is 1. The summed E-state index contributed by atoms with van der Waals surface area (Å²) in [5, 5.41) is 13.3. The molecule has 1 aromatic rings. The molecule has 12 heavy (non-hydrogen) atoms. The van der Waals surface area contributed by atoms with Crippen molar-refractivity contribution in [3.63, 3.8) is 0 Å². The molecule has 3 nitrogen and oxygen atoms in total. The summed E-state index contributed by atoms with van der Waals surface area (Å²) in [6, 6.07) is 0. The summed E-state index contributed by atoms with van der Waals surface area (Å²) in [6.07, 6.45) is 3.94. The van der Waals surface area contributed by atoms with Crippen molar-refractivity contribution in [2.45, 2.75) is 26.3 Å². The Morgan fingerprint density at radius 3 is 3.17 bits per heavy atom. The summed E-state index contributed by atoms with van der Waals surface area (Å²) in [4.78, 5) is 0. The van der Waals surface area contributed by atoms with Gasteiger partial charge in [0.25, 0.3) is 0 Å². The van der Waals surface area contributed by atoms with Crippen LogP contribution in [0, 0.1) is 5.92 Å². The molecule has 1 N–H and O–H groups in total. The van der Waals surface area contributed by atoms with Gasteiger partial charge in [0, 0.05) is 18.8 Å². The maximum Gasteiger partial charge on any atom is 0.0524 e. The molecule has 0 bridgehead atoms. The van der Waals surface area contributed by atoms with Gasteiger partial charge in [-0.3, -0.25) is 4.68 Å². The Morgan fingerprint density at radius 1 is 1.67 bits per heavy atom. The second-order valence-corrected chi connectivity index (χ2v) is 3.39. The molecular formula is C9H14N2O. The average Bonchev–Trinajstić information content (AvgIpc) is 2.61. The SMILES string of the molecule is CCn1ncc2c1CC(CO)C2. The molecule has 0 aliphatic heterocycles. The summed E-state index contributed by atoms with van der Waals surface area (Å²) in [7, 11) is 0. The number of aliphatic hydroxyl groups is 1. The smallest absolute Gasteiger partial charge is 0.0524 e. The molecule has 1 atom stereocenters. The Morgan fingerprint density at radius 2 is 2.50 bits per heavy atom. The van der Waals surface area contributed by atoms with Gasteiger partial charge in [0.15, 0.2) is 0 Å². The van der Waals surface area contributed by atoms with Crippen molar-refractivity contribution in [1.29, 1.82) is 0 Å². The number of hydrogen-bond acceptors (Lipinski definition) is 2. The first-order valence-electron chi connectivity index (χ1n) is 4.49. The van der Waals surface area contributed by atoms with Crippen LogP contribution in [0.15, 0.2) is 6.20 Å². The molecule has 0 aromatic carbocycles. The van der Waals surface area contributed by atoms with Crippen LogP contribution in [0.5, 0.6) is 0 Å². The summed E-state index contributed by atoms with van der Waals surface area (Å²) in [6.45, 7) is 3.34. The van der Waals surface area contributed by atoms with Crippen molar-refractivity contribution in [3.8, 4) is 0 Å². The van der Waals surface area contributed by atoms with Crippen LogP contribution in [0.1, 0.15) is 18.2 Å². The van der Waals surface area contributed by atoms with Gasteiger partial charge in [0.1, 0.15) is 0 Å². The largest absolute Gasteiger partial charge is 0.396 e. The highest BCUT2D eigenvalue weighted by Crippen LogP contribution is 2.25. The van der Waals surface area contributed by atoms with Gasteiger partial charge in [0.2, 0.25) is 0 Å². The number of fused-ring (bicyclic) bond motifs is 1. The number of aromatic nitrogens is 2. The van der Waals surface area contributed by atoms with Crippen molar-refractivity contribution >= 4 is 0 Å². The molecule has 1 aliphatic rings. The molecule has 66 valence electrons. The highest BCUT2D eigenvalue weighted by Gasteiger charge is 2.24. The third-order valence-corrected chi connectivity index (χ3v) is 2.58. The predicted molar refractivity (Wildman–Crippen MR) is 45.9 cm³/mol. The van der Waals surface area contributed by atoms with Gasteiger partial charge < -0.3 is 5.11 Å². The molecule has 0 radical (unpaired) electrons. The van der Waals surface area contributed by atoms with Crippen molar-refractivity contribution in [2.24, 2.45) is 5.92 Å². The van der Waals surface area contributed by atoms with Gasteiger partial charge in [-0.1, -0.05) is 0 Å². The maximum absolute atomic E-state index is 8.99. The normalized spacial score (nSPS) is 21.3. The van der Waals surface area contributed by atoms with Crippen LogP contribution in [-0.4, -0.2) is 21.5 Å². The van der Waals surface area contributed by atoms with Gasteiger partial charge in [-0.15, -0.1) is 0 Å². The maximum atomic E-state index is 8.99. The zero-order valence-corrected chi connectivity index (χ0v) is 7.32. The van der Waals surface area contributed by atoms with E-state index in [1.807, 2.05) is 10.9 Å². The van der Waals surface area contributed by atoms with E-state index in [4.69, 9.17) is 5.11 Å². The van der Waals surface area contributed by atoms with Crippen molar-refractivity contribution in [1.82, 2.24) is 9.78 Å². The van der Waals surface area contributed by atoms with Crippen LogP contribution in [0.3, 0.4) is 0 Å². The zero-order valence-electron chi connectivity index (χ0n) is 7.32. The molecule has 0 fully saturated rings. The first-order valence-corrected chi connectivity index (χ1v) is 4.49. The fourth-order valence-corrected chi connectivity index (χ4v) is 1.91. The number of rotatable bonds is 2. The second-order valence-electron chi connectivity index (χ2n) is 3.39. The Hall–Kier alpha value is -0.830. The first kappa shape index (κ1) is 7.80. The van der Waals surface area contributed by atoms with E-state index in [2.05, 4.69) is 12.0 Å². The van der Waals surface area contributed by atoms with E-state index in [1.165, 1.54) is 11.3 Å². The molecule has 0 amide bonds. The highest BCUT2D eigenvalue weighted by molar-refractivity contribution is 5.24. The van der Waals surface area contributed by atoms with Crippen molar-refractivity contribution in [3.05, 3.63) is 17.5 Å². The Bertz CT molecular complexity index is 280. The quantitative estimate of drug-likeness (QED) is 0.699. The van der Waals surface area contributed by atoms with Gasteiger partial charge in [-0.05, 0) is 31.2 Å². The van der Waals surface area contributed by atoms with Crippen LogP contribution in [-0.2, 0) is 19.4 Å². The predicted octanol–water partition coefficient (Wildman–Crippen LogP) is 0.610. The fraction of sp³-hybridized carbons (Fsp3) is 0.667. The monoisotopic (exact) mass is 166 g/mol. The van der Waals surface area contributed by atoms with Crippen LogP contribution in [0.4, 0.5) is 0 Å². The topological polar surface area (TPSA) is 38.0 Å². The van der Waals surface area contributed by atoms with Gasteiger partial charge in [0.05, 0.1) is 6.20 Å². The molecule has 1 heterocycles. The third-order valence-electron chi connectivity index (χ3n) is 2.58. The first-order chi connectivity index (χ1) is 5.85. The summed E-state index contributed by atoms with van der Waals surface area (Å²) < 4.78 is 2.03. The Labute approximate surface area is 72.0 Å². The minimum absolute atomic E-state index is 0.304. The summed E-state index contributed by atoms with van der Waals surface area (Å²) in [5.74, 6) is 0.441. The molecule has 1 aliphatic carbocycles. The lowest BCUT2D eigenvalue weighted by Gasteiger charge is -2.04. The highest BCUT2D eigenvalue weighted by atomic mass is 16.3. The summed E-state index contributed by atoms with van der Waals surface area (Å²) in [5.41, 5.74) is 2.66. The molecule has 0 saturated carbocycles. The Kier molecular flexibility index (Phi) is 1.89. The van der Waals surface area contributed by atoms with E-state index in [0.717, 1.165) is 19.4 Å². The molecule has 0 saturated heterocycles. The minimum atomic E-state index is 0.304. The third kappa shape index (κ3) is 1.05.